The maximum atomic E-state index is 11.2. The molecule has 0 atom stereocenters. The highest BCUT2D eigenvalue weighted by Crippen LogP contribution is 1.86. The van der Waals surface area contributed by atoms with Crippen LogP contribution in [0, 0.1) is 5.41 Å². The van der Waals surface area contributed by atoms with Crippen molar-refractivity contribution in [2.45, 2.75) is 13.3 Å². The van der Waals surface area contributed by atoms with Gasteiger partial charge in [-0.15, -0.1) is 0 Å². The van der Waals surface area contributed by atoms with Crippen molar-refractivity contribution in [1.29, 1.82) is 5.41 Å². The summed E-state index contributed by atoms with van der Waals surface area (Å²) in [4.78, 5) is 0. The third-order valence-corrected chi connectivity index (χ3v) is 2.76. The Balaban J connectivity index is 3.67. The summed E-state index contributed by atoms with van der Waals surface area (Å²) in [5.41, 5.74) is 5.07. The summed E-state index contributed by atoms with van der Waals surface area (Å²) in [7, 11) is -3.28. The summed E-state index contributed by atoms with van der Waals surface area (Å²) in [6.45, 7) is 2.66. The fourth-order valence-electron chi connectivity index (χ4n) is 0.726. The van der Waals surface area contributed by atoms with E-state index in [0.29, 0.717) is 6.61 Å². The summed E-state index contributed by atoms with van der Waals surface area (Å²) in [6.07, 6.45) is 0.230. The molecule has 0 unspecified atom stereocenters. The van der Waals surface area contributed by atoms with Crippen LogP contribution in [0.4, 0.5) is 0 Å². The van der Waals surface area contributed by atoms with Crippen LogP contribution in [0.5, 0.6) is 0 Å². The number of nitrogens with two attached hydrogens (primary N) is 1. The van der Waals surface area contributed by atoms with Crippen LogP contribution in [-0.4, -0.2) is 39.8 Å². The summed E-state index contributed by atoms with van der Waals surface area (Å²) in [5.74, 6) is -0.0869. The molecule has 0 spiro atoms. The van der Waals surface area contributed by atoms with Gasteiger partial charge in [0, 0.05) is 19.6 Å². The van der Waals surface area contributed by atoms with Gasteiger partial charge in [-0.3, -0.25) is 5.41 Å². The van der Waals surface area contributed by atoms with E-state index in [-0.39, 0.29) is 31.2 Å². The fourth-order valence-corrected chi connectivity index (χ4v) is 1.62. The third kappa shape index (κ3) is 7.96. The van der Waals surface area contributed by atoms with E-state index in [4.69, 9.17) is 15.9 Å². The zero-order chi connectivity index (χ0) is 11.0. The van der Waals surface area contributed by atoms with Gasteiger partial charge in [-0.1, -0.05) is 0 Å². The summed E-state index contributed by atoms with van der Waals surface area (Å²) >= 11 is 0. The van der Waals surface area contributed by atoms with E-state index in [9.17, 15) is 8.42 Å². The lowest BCUT2D eigenvalue weighted by Crippen LogP contribution is -2.31. The van der Waals surface area contributed by atoms with Crippen LogP contribution in [0.2, 0.25) is 0 Å². The number of rotatable bonds is 8. The maximum Gasteiger partial charge on any atom is 0.213 e. The van der Waals surface area contributed by atoms with Crippen molar-refractivity contribution in [2.75, 3.05) is 25.5 Å². The monoisotopic (exact) mass is 223 g/mol. The van der Waals surface area contributed by atoms with Gasteiger partial charge in [0.2, 0.25) is 10.0 Å². The van der Waals surface area contributed by atoms with E-state index in [1.807, 2.05) is 0 Å². The van der Waals surface area contributed by atoms with Gasteiger partial charge in [-0.2, -0.15) is 0 Å². The molecular formula is C7H17N3O3S. The molecule has 0 aliphatic heterocycles. The molecule has 0 aromatic heterocycles. The summed E-state index contributed by atoms with van der Waals surface area (Å²) in [5, 5.41) is 6.89. The topological polar surface area (TPSA) is 105 Å². The van der Waals surface area contributed by atoms with Crippen molar-refractivity contribution in [2.24, 2.45) is 5.73 Å². The quantitative estimate of drug-likeness (QED) is 0.286. The van der Waals surface area contributed by atoms with E-state index < -0.39 is 10.0 Å². The molecule has 0 heterocycles. The van der Waals surface area contributed by atoms with E-state index in [0.717, 1.165) is 0 Å². The van der Waals surface area contributed by atoms with Gasteiger partial charge in [-0.05, 0) is 6.92 Å². The number of ether oxygens (including phenoxy) is 1. The molecule has 0 aliphatic rings. The standard InChI is InChI=1S/C7H17N3O3S/c1-2-13-5-6-14(11,12)10-4-3-7(8)9/h10H,2-6H2,1H3,(H3,8,9). The lowest BCUT2D eigenvalue weighted by molar-refractivity contribution is 0.163. The van der Waals surface area contributed by atoms with Crippen molar-refractivity contribution in [3.8, 4) is 0 Å². The molecule has 0 aliphatic carbocycles. The van der Waals surface area contributed by atoms with Crippen LogP contribution < -0.4 is 10.5 Å². The lowest BCUT2D eigenvalue weighted by atomic mass is 10.4. The second-order valence-electron chi connectivity index (χ2n) is 2.69. The van der Waals surface area contributed by atoms with Crippen molar-refractivity contribution in [3.05, 3.63) is 0 Å². The first-order chi connectivity index (χ1) is 6.48. The molecule has 0 aromatic carbocycles. The smallest absolute Gasteiger partial charge is 0.213 e. The fraction of sp³-hybridized carbons (Fsp3) is 0.857. The number of amidine groups is 1. The number of sulfonamides is 1. The van der Waals surface area contributed by atoms with Crippen molar-refractivity contribution in [1.82, 2.24) is 4.72 Å². The molecule has 0 saturated heterocycles. The van der Waals surface area contributed by atoms with Crippen LogP contribution in [-0.2, 0) is 14.8 Å². The number of hydrogen-bond acceptors (Lipinski definition) is 4. The van der Waals surface area contributed by atoms with Crippen LogP contribution in [0.15, 0.2) is 0 Å². The first-order valence-electron chi connectivity index (χ1n) is 4.36. The van der Waals surface area contributed by atoms with E-state index in [2.05, 4.69) is 4.72 Å². The Labute approximate surface area is 84.4 Å². The Bertz CT molecular complexity index is 263. The largest absolute Gasteiger partial charge is 0.388 e. The minimum atomic E-state index is -3.28. The number of nitrogens with one attached hydrogen (secondary N) is 2. The Morgan fingerprint density at radius 2 is 2.21 bits per heavy atom. The normalized spacial score (nSPS) is 11.5. The van der Waals surface area contributed by atoms with Crippen LogP contribution in [0.25, 0.3) is 0 Å². The van der Waals surface area contributed by atoms with Crippen LogP contribution >= 0.6 is 0 Å². The van der Waals surface area contributed by atoms with Crippen LogP contribution in [0.1, 0.15) is 13.3 Å². The molecule has 0 saturated carbocycles. The highest BCUT2D eigenvalue weighted by atomic mass is 32.2. The molecule has 6 nitrogen and oxygen atoms in total. The number of hydrogen-bond donors (Lipinski definition) is 3. The van der Waals surface area contributed by atoms with Gasteiger partial charge < -0.3 is 10.5 Å². The minimum absolute atomic E-state index is 0.0301. The molecule has 0 amide bonds. The third-order valence-electron chi connectivity index (χ3n) is 1.42. The van der Waals surface area contributed by atoms with Gasteiger partial charge in [0.15, 0.2) is 0 Å². The van der Waals surface area contributed by atoms with E-state index in [1.165, 1.54) is 0 Å². The molecule has 84 valence electrons. The average Bonchev–Trinajstić information content (AvgIpc) is 2.03. The molecule has 7 heteroatoms. The van der Waals surface area contributed by atoms with Gasteiger partial charge in [0.05, 0.1) is 18.2 Å². The Kier molecular flexibility index (Phi) is 6.43. The second-order valence-corrected chi connectivity index (χ2v) is 4.61. The summed E-state index contributed by atoms with van der Waals surface area (Å²) in [6, 6.07) is 0. The highest BCUT2D eigenvalue weighted by Gasteiger charge is 2.08. The van der Waals surface area contributed by atoms with Gasteiger partial charge >= 0.3 is 0 Å². The minimum Gasteiger partial charge on any atom is -0.388 e. The Hall–Kier alpha value is -0.660. The SMILES string of the molecule is CCOCCS(=O)(=O)NCCC(=N)N. The molecule has 4 N–H and O–H groups in total. The van der Waals surface area contributed by atoms with Gasteiger partial charge in [0.25, 0.3) is 0 Å². The van der Waals surface area contributed by atoms with Crippen molar-refractivity contribution >= 4 is 15.9 Å². The predicted octanol–water partition coefficient (Wildman–Crippen LogP) is -0.732. The zero-order valence-corrected chi connectivity index (χ0v) is 9.06. The molecule has 14 heavy (non-hydrogen) atoms. The second kappa shape index (κ2) is 6.74. The first-order valence-corrected chi connectivity index (χ1v) is 6.01. The molecule has 0 bridgehead atoms. The maximum absolute atomic E-state index is 11.2. The highest BCUT2D eigenvalue weighted by molar-refractivity contribution is 7.89. The lowest BCUT2D eigenvalue weighted by Gasteiger charge is -2.05. The molecule has 0 radical (unpaired) electrons. The first kappa shape index (κ1) is 13.3. The van der Waals surface area contributed by atoms with Crippen molar-refractivity contribution in [3.63, 3.8) is 0 Å². The predicted molar refractivity (Wildman–Crippen MR) is 54.8 cm³/mol. The van der Waals surface area contributed by atoms with Gasteiger partial charge in [0.1, 0.15) is 0 Å². The zero-order valence-electron chi connectivity index (χ0n) is 8.25. The van der Waals surface area contributed by atoms with Crippen molar-refractivity contribution < 1.29 is 13.2 Å². The average molecular weight is 223 g/mol. The molecule has 0 aromatic rings. The molecular weight excluding hydrogens is 206 g/mol. The Morgan fingerprint density at radius 3 is 2.71 bits per heavy atom. The molecule has 0 rings (SSSR count). The van der Waals surface area contributed by atoms with Gasteiger partial charge in [-0.25, -0.2) is 13.1 Å². The molecule has 0 fully saturated rings. The van der Waals surface area contributed by atoms with E-state index in [1.54, 1.807) is 6.92 Å². The summed E-state index contributed by atoms with van der Waals surface area (Å²) < 4.78 is 29.6. The van der Waals surface area contributed by atoms with Crippen LogP contribution in [0.3, 0.4) is 0 Å². The Morgan fingerprint density at radius 1 is 1.57 bits per heavy atom. The van der Waals surface area contributed by atoms with E-state index >= 15 is 0 Å².